The molecule has 4 heteroatoms. The highest BCUT2D eigenvalue weighted by Crippen LogP contribution is 2.37. The molecule has 2 saturated heterocycles. The number of nitrogens with two attached hydrogens (primary N) is 1. The van der Waals surface area contributed by atoms with Crippen LogP contribution in [0, 0.1) is 5.41 Å². The fourth-order valence-electron chi connectivity index (χ4n) is 2.75. The molecule has 0 saturated carbocycles. The molecule has 4 nitrogen and oxygen atoms in total. The third kappa shape index (κ3) is 1.42. The van der Waals surface area contributed by atoms with Crippen molar-refractivity contribution < 1.29 is 4.74 Å². The molecular formula is C10H19N3O. The first-order valence-electron chi connectivity index (χ1n) is 5.34. The number of ether oxygens (including phenoxy) is 1. The molecule has 2 aliphatic rings. The largest absolute Gasteiger partial charge is 0.386 e. The van der Waals surface area contributed by atoms with Gasteiger partial charge in [-0.3, -0.25) is 10.3 Å². The van der Waals surface area contributed by atoms with E-state index < -0.39 is 0 Å². The Balaban J connectivity index is 2.13. The molecule has 2 heterocycles. The summed E-state index contributed by atoms with van der Waals surface area (Å²) in [6, 6.07) is 0.0687. The van der Waals surface area contributed by atoms with E-state index in [0.29, 0.717) is 0 Å². The van der Waals surface area contributed by atoms with Gasteiger partial charge in [-0.05, 0) is 32.7 Å². The Hall–Kier alpha value is -0.610. The predicted molar refractivity (Wildman–Crippen MR) is 55.5 cm³/mol. The van der Waals surface area contributed by atoms with Gasteiger partial charge in [0.05, 0.1) is 12.6 Å². The van der Waals surface area contributed by atoms with Gasteiger partial charge in [0.2, 0.25) is 0 Å². The minimum Gasteiger partial charge on any atom is -0.386 e. The molecule has 3 N–H and O–H groups in total. The lowest BCUT2D eigenvalue weighted by molar-refractivity contribution is 0.0913. The number of hydrogen-bond acceptors (Lipinski definition) is 3. The Bertz CT molecular complexity index is 230. The van der Waals surface area contributed by atoms with Crippen molar-refractivity contribution in [3.8, 4) is 0 Å². The second-order valence-electron chi connectivity index (χ2n) is 4.46. The van der Waals surface area contributed by atoms with Crippen molar-refractivity contribution >= 4 is 5.84 Å². The van der Waals surface area contributed by atoms with Crippen LogP contribution in [-0.4, -0.2) is 42.1 Å². The minimum atomic E-state index is 0.0687. The van der Waals surface area contributed by atoms with Gasteiger partial charge in [0.25, 0.3) is 0 Å². The van der Waals surface area contributed by atoms with E-state index in [0.717, 1.165) is 26.2 Å². The van der Waals surface area contributed by atoms with Crippen molar-refractivity contribution in [1.29, 1.82) is 5.41 Å². The van der Waals surface area contributed by atoms with E-state index in [4.69, 9.17) is 15.9 Å². The summed E-state index contributed by atoms with van der Waals surface area (Å²) in [7, 11) is 0. The molecule has 0 aliphatic carbocycles. The molecule has 0 amide bonds. The molecule has 0 aromatic rings. The van der Waals surface area contributed by atoms with Crippen molar-refractivity contribution in [1.82, 2.24) is 4.90 Å². The summed E-state index contributed by atoms with van der Waals surface area (Å²) in [6.07, 6.45) is 3.51. The third-order valence-corrected chi connectivity index (χ3v) is 3.65. The molecular weight excluding hydrogens is 178 g/mol. The van der Waals surface area contributed by atoms with Crippen LogP contribution >= 0.6 is 0 Å². The zero-order valence-corrected chi connectivity index (χ0v) is 8.75. The van der Waals surface area contributed by atoms with Gasteiger partial charge in [-0.25, -0.2) is 0 Å². The molecule has 2 atom stereocenters. The molecule has 2 rings (SSSR count). The topological polar surface area (TPSA) is 62.3 Å². The standard InChI is InChI=1S/C10H19N3O/c1-8(9(11)12)13-5-2-3-10(13)4-6-14-7-10/h8H,2-7H2,1H3,(H3,11,12). The van der Waals surface area contributed by atoms with Crippen molar-refractivity contribution in [3.05, 3.63) is 0 Å². The van der Waals surface area contributed by atoms with Crippen LogP contribution in [0.4, 0.5) is 0 Å². The van der Waals surface area contributed by atoms with Gasteiger partial charge < -0.3 is 10.5 Å². The van der Waals surface area contributed by atoms with Crippen LogP contribution < -0.4 is 5.73 Å². The predicted octanol–water partition coefficient (Wildman–Crippen LogP) is 0.566. The minimum absolute atomic E-state index is 0.0687. The van der Waals surface area contributed by atoms with E-state index in [1.54, 1.807) is 0 Å². The van der Waals surface area contributed by atoms with Gasteiger partial charge in [0, 0.05) is 12.1 Å². The lowest BCUT2D eigenvalue weighted by Crippen LogP contribution is -2.53. The Morgan fingerprint density at radius 3 is 2.93 bits per heavy atom. The number of rotatable bonds is 2. The van der Waals surface area contributed by atoms with Gasteiger partial charge in [0.15, 0.2) is 0 Å². The molecule has 1 spiro atoms. The zero-order chi connectivity index (χ0) is 10.2. The Labute approximate surface area is 84.9 Å². The van der Waals surface area contributed by atoms with Gasteiger partial charge >= 0.3 is 0 Å². The Morgan fingerprint density at radius 2 is 2.36 bits per heavy atom. The summed E-state index contributed by atoms with van der Waals surface area (Å²) >= 11 is 0. The molecule has 2 aliphatic heterocycles. The summed E-state index contributed by atoms with van der Waals surface area (Å²) in [5.41, 5.74) is 5.77. The zero-order valence-electron chi connectivity index (χ0n) is 8.75. The molecule has 14 heavy (non-hydrogen) atoms. The highest BCUT2D eigenvalue weighted by Gasteiger charge is 2.46. The monoisotopic (exact) mass is 197 g/mol. The van der Waals surface area contributed by atoms with Crippen LogP contribution in [0.3, 0.4) is 0 Å². The summed E-state index contributed by atoms with van der Waals surface area (Å²) in [6.45, 7) is 4.77. The van der Waals surface area contributed by atoms with E-state index in [2.05, 4.69) is 4.90 Å². The average Bonchev–Trinajstić information content (AvgIpc) is 2.76. The van der Waals surface area contributed by atoms with E-state index in [-0.39, 0.29) is 17.4 Å². The van der Waals surface area contributed by atoms with Gasteiger partial charge in [-0.2, -0.15) is 0 Å². The third-order valence-electron chi connectivity index (χ3n) is 3.65. The van der Waals surface area contributed by atoms with E-state index in [1.165, 1.54) is 12.8 Å². The van der Waals surface area contributed by atoms with Crippen LogP contribution in [0.2, 0.25) is 0 Å². The summed E-state index contributed by atoms with van der Waals surface area (Å²) in [5, 5.41) is 7.51. The van der Waals surface area contributed by atoms with Crippen molar-refractivity contribution in [2.24, 2.45) is 5.73 Å². The first kappa shape index (κ1) is 9.93. The molecule has 0 radical (unpaired) electrons. The van der Waals surface area contributed by atoms with E-state index in [1.807, 2.05) is 6.92 Å². The van der Waals surface area contributed by atoms with Crippen LogP contribution in [0.1, 0.15) is 26.2 Å². The molecule has 80 valence electrons. The Kier molecular flexibility index (Phi) is 2.49. The number of amidine groups is 1. The van der Waals surface area contributed by atoms with Gasteiger partial charge in [0.1, 0.15) is 5.84 Å². The van der Waals surface area contributed by atoms with E-state index in [9.17, 15) is 0 Å². The number of likely N-dealkylation sites (tertiary alicyclic amines) is 1. The van der Waals surface area contributed by atoms with Crippen LogP contribution in [0.15, 0.2) is 0 Å². The van der Waals surface area contributed by atoms with Gasteiger partial charge in [-0.1, -0.05) is 0 Å². The number of nitrogens with one attached hydrogen (secondary N) is 1. The normalized spacial score (nSPS) is 35.2. The fourth-order valence-corrected chi connectivity index (χ4v) is 2.75. The van der Waals surface area contributed by atoms with Crippen LogP contribution in [-0.2, 0) is 4.74 Å². The summed E-state index contributed by atoms with van der Waals surface area (Å²) in [4.78, 5) is 2.36. The molecule has 0 aromatic carbocycles. The maximum Gasteiger partial charge on any atom is 0.108 e. The van der Waals surface area contributed by atoms with Crippen molar-refractivity contribution in [2.75, 3.05) is 19.8 Å². The first-order chi connectivity index (χ1) is 6.66. The molecule has 2 unspecified atom stereocenters. The fraction of sp³-hybridized carbons (Fsp3) is 0.900. The van der Waals surface area contributed by atoms with Crippen LogP contribution in [0.5, 0.6) is 0 Å². The smallest absolute Gasteiger partial charge is 0.108 e. The van der Waals surface area contributed by atoms with Gasteiger partial charge in [-0.15, -0.1) is 0 Å². The summed E-state index contributed by atoms with van der Waals surface area (Å²) in [5.74, 6) is 0.276. The maximum absolute atomic E-state index is 7.51. The van der Waals surface area contributed by atoms with Crippen molar-refractivity contribution in [2.45, 2.75) is 37.8 Å². The quantitative estimate of drug-likeness (QED) is 0.502. The van der Waals surface area contributed by atoms with Crippen molar-refractivity contribution in [3.63, 3.8) is 0 Å². The number of nitrogens with zero attached hydrogens (tertiary/aromatic N) is 1. The second-order valence-corrected chi connectivity index (χ2v) is 4.46. The Morgan fingerprint density at radius 1 is 1.57 bits per heavy atom. The van der Waals surface area contributed by atoms with E-state index >= 15 is 0 Å². The lowest BCUT2D eigenvalue weighted by atomic mass is 9.94. The highest BCUT2D eigenvalue weighted by atomic mass is 16.5. The first-order valence-corrected chi connectivity index (χ1v) is 5.34. The lowest BCUT2D eigenvalue weighted by Gasteiger charge is -2.37. The highest BCUT2D eigenvalue weighted by molar-refractivity contribution is 5.82. The average molecular weight is 197 g/mol. The summed E-state index contributed by atoms with van der Waals surface area (Å²) < 4.78 is 5.49. The maximum atomic E-state index is 7.51. The van der Waals surface area contributed by atoms with Crippen LogP contribution in [0.25, 0.3) is 0 Å². The number of hydrogen-bond donors (Lipinski definition) is 2. The molecule has 0 aromatic heterocycles. The SMILES string of the molecule is CC(C(=N)N)N1CCCC12CCOC2. The second kappa shape index (κ2) is 3.51. The molecule has 0 bridgehead atoms. The molecule has 2 fully saturated rings.